The van der Waals surface area contributed by atoms with Gasteiger partial charge < -0.3 is 5.32 Å². The predicted octanol–water partition coefficient (Wildman–Crippen LogP) is 3.07. The summed E-state index contributed by atoms with van der Waals surface area (Å²) in [6.45, 7) is 0.518. The maximum Gasteiger partial charge on any atom is 0.240 e. The van der Waals surface area contributed by atoms with Crippen molar-refractivity contribution in [2.75, 3.05) is 25.2 Å². The largest absolute Gasteiger partial charge is 0.388 e. The number of benzene rings is 1. The second-order valence-electron chi connectivity index (χ2n) is 5.55. The van der Waals surface area contributed by atoms with E-state index in [0.29, 0.717) is 11.4 Å². The molecule has 0 unspecified atom stereocenters. The molecule has 0 aliphatic heterocycles. The second kappa shape index (κ2) is 7.03. The highest BCUT2D eigenvalue weighted by Gasteiger charge is 2.32. The van der Waals surface area contributed by atoms with Crippen LogP contribution in [-0.2, 0) is 10.0 Å². The normalized spacial score (nSPS) is 18.4. The molecule has 0 aromatic heterocycles. The third-order valence-electron chi connectivity index (χ3n) is 4.24. The first-order chi connectivity index (χ1) is 10.0. The van der Waals surface area contributed by atoms with Crippen LogP contribution in [0.25, 0.3) is 0 Å². The van der Waals surface area contributed by atoms with E-state index < -0.39 is 10.0 Å². The van der Waals surface area contributed by atoms with Gasteiger partial charge in [0.15, 0.2) is 0 Å². The van der Waals surface area contributed by atoms with Crippen molar-refractivity contribution < 1.29 is 8.42 Å². The van der Waals surface area contributed by atoms with Gasteiger partial charge >= 0.3 is 0 Å². The van der Waals surface area contributed by atoms with Crippen LogP contribution >= 0.6 is 11.8 Å². The fraction of sp³-hybridized carbons (Fsp3) is 0.600. The van der Waals surface area contributed by atoms with Crippen molar-refractivity contribution in [1.29, 1.82) is 0 Å². The summed E-state index contributed by atoms with van der Waals surface area (Å²) in [4.78, 5) is 0.327. The molecule has 118 valence electrons. The fourth-order valence-electron chi connectivity index (χ4n) is 2.76. The SMILES string of the molecule is CNc1ccc(S(=O)(=O)NCC2(SC)CCCCC2)cc1. The van der Waals surface area contributed by atoms with Crippen LogP contribution in [0.2, 0.25) is 0 Å². The van der Waals surface area contributed by atoms with Gasteiger partial charge in [0.25, 0.3) is 0 Å². The summed E-state index contributed by atoms with van der Waals surface area (Å²) < 4.78 is 27.7. The van der Waals surface area contributed by atoms with Crippen LogP contribution in [0.4, 0.5) is 5.69 Å². The zero-order valence-electron chi connectivity index (χ0n) is 12.7. The molecule has 0 atom stereocenters. The zero-order valence-corrected chi connectivity index (χ0v) is 14.3. The van der Waals surface area contributed by atoms with Gasteiger partial charge in [-0.2, -0.15) is 11.8 Å². The Bertz CT molecular complexity index is 550. The van der Waals surface area contributed by atoms with E-state index >= 15 is 0 Å². The molecule has 2 rings (SSSR count). The van der Waals surface area contributed by atoms with Gasteiger partial charge in [-0.3, -0.25) is 0 Å². The van der Waals surface area contributed by atoms with E-state index in [1.54, 1.807) is 36.0 Å². The minimum atomic E-state index is -3.42. The highest BCUT2D eigenvalue weighted by molar-refractivity contribution is 8.00. The average Bonchev–Trinajstić information content (AvgIpc) is 2.54. The monoisotopic (exact) mass is 328 g/mol. The Labute approximate surface area is 132 Å². The van der Waals surface area contributed by atoms with Crippen LogP contribution < -0.4 is 10.0 Å². The Kier molecular flexibility index (Phi) is 5.57. The maximum atomic E-state index is 12.4. The molecule has 21 heavy (non-hydrogen) atoms. The Morgan fingerprint density at radius 3 is 2.29 bits per heavy atom. The third-order valence-corrected chi connectivity index (χ3v) is 7.07. The van der Waals surface area contributed by atoms with Crippen LogP contribution in [-0.4, -0.2) is 33.0 Å². The Balaban J connectivity index is 2.06. The van der Waals surface area contributed by atoms with E-state index in [-0.39, 0.29) is 4.75 Å². The van der Waals surface area contributed by atoms with Crippen LogP contribution in [0.15, 0.2) is 29.2 Å². The lowest BCUT2D eigenvalue weighted by atomic mass is 9.88. The Morgan fingerprint density at radius 1 is 1.14 bits per heavy atom. The van der Waals surface area contributed by atoms with Crippen molar-refractivity contribution in [2.45, 2.75) is 41.7 Å². The lowest BCUT2D eigenvalue weighted by Crippen LogP contribution is -2.41. The van der Waals surface area contributed by atoms with Gasteiger partial charge in [0.2, 0.25) is 10.0 Å². The van der Waals surface area contributed by atoms with E-state index in [1.807, 2.05) is 7.05 Å². The summed E-state index contributed by atoms with van der Waals surface area (Å²) >= 11 is 1.80. The van der Waals surface area contributed by atoms with E-state index in [2.05, 4.69) is 16.3 Å². The highest BCUT2D eigenvalue weighted by Crippen LogP contribution is 2.38. The molecule has 2 N–H and O–H groups in total. The molecular weight excluding hydrogens is 304 g/mol. The van der Waals surface area contributed by atoms with Crippen molar-refractivity contribution in [3.8, 4) is 0 Å². The molecule has 4 nitrogen and oxygen atoms in total. The first kappa shape index (κ1) is 16.6. The van der Waals surface area contributed by atoms with Gasteiger partial charge in [0.05, 0.1) is 4.90 Å². The third kappa shape index (κ3) is 4.14. The lowest BCUT2D eigenvalue weighted by Gasteiger charge is -2.35. The Hall–Kier alpha value is -0.720. The number of sulfonamides is 1. The van der Waals surface area contributed by atoms with Crippen molar-refractivity contribution >= 4 is 27.5 Å². The van der Waals surface area contributed by atoms with Crippen molar-refractivity contribution in [2.24, 2.45) is 0 Å². The van der Waals surface area contributed by atoms with Gasteiger partial charge in [-0.05, 0) is 43.4 Å². The molecule has 0 amide bonds. The zero-order chi connectivity index (χ0) is 15.3. The topological polar surface area (TPSA) is 58.2 Å². The first-order valence-electron chi connectivity index (χ1n) is 7.34. The molecule has 1 fully saturated rings. The van der Waals surface area contributed by atoms with Crippen LogP contribution in [0.3, 0.4) is 0 Å². The number of rotatable bonds is 6. The highest BCUT2D eigenvalue weighted by atomic mass is 32.2. The quantitative estimate of drug-likeness (QED) is 0.842. The van der Waals surface area contributed by atoms with Crippen LogP contribution in [0.1, 0.15) is 32.1 Å². The average molecular weight is 329 g/mol. The molecule has 1 aromatic rings. The van der Waals surface area contributed by atoms with Gasteiger partial charge in [0.1, 0.15) is 0 Å². The summed E-state index contributed by atoms with van der Waals surface area (Å²) in [5.41, 5.74) is 0.904. The van der Waals surface area contributed by atoms with E-state index in [1.165, 1.54) is 19.3 Å². The van der Waals surface area contributed by atoms with Gasteiger partial charge in [0, 0.05) is 24.0 Å². The molecule has 1 aliphatic carbocycles. The fourth-order valence-corrected chi connectivity index (χ4v) is 4.89. The van der Waals surface area contributed by atoms with Gasteiger partial charge in [-0.1, -0.05) is 19.3 Å². The smallest absolute Gasteiger partial charge is 0.240 e. The minimum Gasteiger partial charge on any atom is -0.388 e. The summed E-state index contributed by atoms with van der Waals surface area (Å²) in [6, 6.07) is 6.83. The Morgan fingerprint density at radius 2 is 1.76 bits per heavy atom. The molecule has 0 bridgehead atoms. The number of hydrogen-bond donors (Lipinski definition) is 2. The molecule has 0 spiro atoms. The summed E-state index contributed by atoms with van der Waals surface area (Å²) in [6.07, 6.45) is 7.92. The summed E-state index contributed by atoms with van der Waals surface area (Å²) in [7, 11) is -1.61. The molecule has 0 saturated heterocycles. The number of nitrogens with one attached hydrogen (secondary N) is 2. The van der Waals surface area contributed by atoms with Crippen molar-refractivity contribution in [3.63, 3.8) is 0 Å². The molecule has 6 heteroatoms. The molecule has 0 radical (unpaired) electrons. The minimum absolute atomic E-state index is 0.0657. The first-order valence-corrected chi connectivity index (χ1v) is 10.0. The molecule has 1 aromatic carbocycles. The standard InChI is InChI=1S/C15H24N2O2S2/c1-16-13-6-8-14(9-7-13)21(18,19)17-12-15(20-2)10-4-3-5-11-15/h6-9,16-17H,3-5,10-12H2,1-2H3. The number of hydrogen-bond acceptors (Lipinski definition) is 4. The van der Waals surface area contributed by atoms with Crippen molar-refractivity contribution in [1.82, 2.24) is 4.72 Å². The molecule has 1 aliphatic rings. The van der Waals surface area contributed by atoms with E-state index in [4.69, 9.17) is 0 Å². The molecule has 0 heterocycles. The van der Waals surface area contributed by atoms with Gasteiger partial charge in [-0.15, -0.1) is 0 Å². The number of thioether (sulfide) groups is 1. The predicted molar refractivity (Wildman–Crippen MR) is 90.5 cm³/mol. The van der Waals surface area contributed by atoms with E-state index in [0.717, 1.165) is 18.5 Å². The van der Waals surface area contributed by atoms with Crippen LogP contribution in [0.5, 0.6) is 0 Å². The molecular formula is C15H24N2O2S2. The van der Waals surface area contributed by atoms with Gasteiger partial charge in [-0.25, -0.2) is 13.1 Å². The number of anilines is 1. The second-order valence-corrected chi connectivity index (χ2v) is 8.59. The molecule has 1 saturated carbocycles. The maximum absolute atomic E-state index is 12.4. The van der Waals surface area contributed by atoms with Crippen molar-refractivity contribution in [3.05, 3.63) is 24.3 Å². The summed E-state index contributed by atoms with van der Waals surface area (Å²) in [5, 5.41) is 2.99. The van der Waals surface area contributed by atoms with Crippen LogP contribution in [0, 0.1) is 0 Å². The van der Waals surface area contributed by atoms with E-state index in [9.17, 15) is 8.42 Å². The lowest BCUT2D eigenvalue weighted by molar-refractivity contribution is 0.395. The summed E-state index contributed by atoms with van der Waals surface area (Å²) in [5.74, 6) is 0.